The Hall–Kier alpha value is -2.33. The normalized spacial score (nSPS) is 12.5. The molecule has 1 unspecified atom stereocenters. The number of ether oxygens (including phenoxy) is 1. The summed E-state index contributed by atoms with van der Waals surface area (Å²) >= 11 is 0. The first-order valence-electron chi connectivity index (χ1n) is 6.04. The molecular weight excluding hydrogens is 240 g/mol. The number of benzene rings is 1. The molecule has 0 saturated heterocycles. The van der Waals surface area contributed by atoms with E-state index in [0.717, 1.165) is 16.5 Å². The number of aliphatic hydroxyl groups excluding tert-OH is 1. The van der Waals surface area contributed by atoms with Crippen LogP contribution in [0.15, 0.2) is 48.7 Å². The molecule has 4 heteroatoms. The first-order valence-corrected chi connectivity index (χ1v) is 6.04. The van der Waals surface area contributed by atoms with Crippen molar-refractivity contribution in [1.29, 1.82) is 0 Å². The first-order chi connectivity index (χ1) is 9.29. The van der Waals surface area contributed by atoms with Crippen molar-refractivity contribution in [2.45, 2.75) is 6.10 Å². The largest absolute Gasteiger partial charge is 0.481 e. The second-order valence-corrected chi connectivity index (χ2v) is 4.29. The highest BCUT2D eigenvalue weighted by molar-refractivity contribution is 5.83. The predicted molar refractivity (Wildman–Crippen MR) is 73.1 cm³/mol. The third-order valence-corrected chi connectivity index (χ3v) is 3.16. The summed E-state index contributed by atoms with van der Waals surface area (Å²) in [6, 6.07) is 13.1. The smallest absolute Gasteiger partial charge is 0.213 e. The molecule has 96 valence electrons. The Kier molecular flexibility index (Phi) is 2.93. The second kappa shape index (κ2) is 4.74. The van der Waals surface area contributed by atoms with Gasteiger partial charge in [0.2, 0.25) is 5.88 Å². The number of aromatic amines is 1. The SMILES string of the molecule is COc1cccc(C(O)c2cccc3[nH]ccc23)n1. The van der Waals surface area contributed by atoms with Gasteiger partial charge in [0.1, 0.15) is 6.10 Å². The lowest BCUT2D eigenvalue weighted by atomic mass is 10.0. The van der Waals surface area contributed by atoms with E-state index < -0.39 is 6.10 Å². The number of rotatable bonds is 3. The number of hydrogen-bond acceptors (Lipinski definition) is 3. The predicted octanol–water partition coefficient (Wildman–Crippen LogP) is 2.65. The highest BCUT2D eigenvalue weighted by Crippen LogP contribution is 2.28. The van der Waals surface area contributed by atoms with Crippen molar-refractivity contribution in [2.75, 3.05) is 7.11 Å². The first kappa shape index (κ1) is 11.7. The van der Waals surface area contributed by atoms with Crippen LogP contribution >= 0.6 is 0 Å². The number of pyridine rings is 1. The van der Waals surface area contributed by atoms with E-state index in [9.17, 15) is 5.11 Å². The molecule has 0 aliphatic carbocycles. The molecule has 0 bridgehead atoms. The van der Waals surface area contributed by atoms with E-state index >= 15 is 0 Å². The van der Waals surface area contributed by atoms with Crippen LogP contribution in [0.3, 0.4) is 0 Å². The van der Waals surface area contributed by atoms with Gasteiger partial charge in [0.15, 0.2) is 0 Å². The number of fused-ring (bicyclic) bond motifs is 1. The molecule has 2 aromatic heterocycles. The summed E-state index contributed by atoms with van der Waals surface area (Å²) < 4.78 is 5.08. The minimum atomic E-state index is -0.769. The van der Waals surface area contributed by atoms with Gasteiger partial charge in [-0.3, -0.25) is 0 Å². The number of methoxy groups -OCH3 is 1. The highest BCUT2D eigenvalue weighted by Gasteiger charge is 2.15. The van der Waals surface area contributed by atoms with Crippen molar-refractivity contribution in [2.24, 2.45) is 0 Å². The maximum atomic E-state index is 10.5. The van der Waals surface area contributed by atoms with Crippen molar-refractivity contribution in [3.05, 3.63) is 59.9 Å². The molecule has 1 atom stereocenters. The van der Waals surface area contributed by atoms with Gasteiger partial charge in [-0.2, -0.15) is 0 Å². The monoisotopic (exact) mass is 254 g/mol. The van der Waals surface area contributed by atoms with E-state index in [1.807, 2.05) is 36.5 Å². The molecule has 0 saturated carbocycles. The summed E-state index contributed by atoms with van der Waals surface area (Å²) in [6.07, 6.45) is 1.09. The van der Waals surface area contributed by atoms with Crippen LogP contribution in [0.1, 0.15) is 17.4 Å². The van der Waals surface area contributed by atoms with Crippen molar-refractivity contribution in [3.8, 4) is 5.88 Å². The molecule has 4 nitrogen and oxygen atoms in total. The Labute approximate surface area is 110 Å². The van der Waals surface area contributed by atoms with Crippen LogP contribution in [-0.4, -0.2) is 22.2 Å². The van der Waals surface area contributed by atoms with Gasteiger partial charge >= 0.3 is 0 Å². The summed E-state index contributed by atoms with van der Waals surface area (Å²) in [5.41, 5.74) is 2.41. The number of H-pyrrole nitrogens is 1. The molecule has 0 radical (unpaired) electrons. The third-order valence-electron chi connectivity index (χ3n) is 3.16. The fraction of sp³-hybridized carbons (Fsp3) is 0.133. The number of aliphatic hydroxyl groups is 1. The molecule has 3 aromatic rings. The lowest BCUT2D eigenvalue weighted by Crippen LogP contribution is -2.03. The molecule has 1 aromatic carbocycles. The summed E-state index contributed by atoms with van der Waals surface area (Å²) in [7, 11) is 1.56. The highest BCUT2D eigenvalue weighted by atomic mass is 16.5. The van der Waals surface area contributed by atoms with E-state index in [4.69, 9.17) is 4.74 Å². The maximum Gasteiger partial charge on any atom is 0.213 e. The Morgan fingerprint density at radius 1 is 1.16 bits per heavy atom. The van der Waals surface area contributed by atoms with E-state index in [-0.39, 0.29) is 0 Å². The molecular formula is C15H14N2O2. The number of hydrogen-bond donors (Lipinski definition) is 2. The summed E-state index contributed by atoms with van der Waals surface area (Å²) in [5, 5.41) is 11.5. The van der Waals surface area contributed by atoms with Crippen LogP contribution in [0.5, 0.6) is 5.88 Å². The van der Waals surface area contributed by atoms with E-state index in [1.54, 1.807) is 19.2 Å². The quantitative estimate of drug-likeness (QED) is 0.755. The molecule has 2 heterocycles. The van der Waals surface area contributed by atoms with E-state index in [0.29, 0.717) is 11.6 Å². The van der Waals surface area contributed by atoms with E-state index in [1.165, 1.54) is 0 Å². The molecule has 0 aliphatic rings. The Balaban J connectivity index is 2.07. The molecule has 2 N–H and O–H groups in total. The van der Waals surface area contributed by atoms with Crippen LogP contribution in [0.2, 0.25) is 0 Å². The summed E-state index contributed by atoms with van der Waals surface area (Å²) in [4.78, 5) is 7.41. The van der Waals surface area contributed by atoms with E-state index in [2.05, 4.69) is 9.97 Å². The van der Waals surface area contributed by atoms with Gasteiger partial charge in [-0.05, 0) is 23.8 Å². The van der Waals surface area contributed by atoms with Crippen LogP contribution < -0.4 is 4.74 Å². The molecule has 0 spiro atoms. The van der Waals surface area contributed by atoms with Gasteiger partial charge in [-0.1, -0.05) is 18.2 Å². The van der Waals surface area contributed by atoms with Gasteiger partial charge in [-0.25, -0.2) is 4.98 Å². The fourth-order valence-electron chi connectivity index (χ4n) is 2.20. The zero-order valence-electron chi connectivity index (χ0n) is 10.5. The molecule has 0 aliphatic heterocycles. The molecule has 3 rings (SSSR count). The van der Waals surface area contributed by atoms with Crippen molar-refractivity contribution >= 4 is 10.9 Å². The maximum absolute atomic E-state index is 10.5. The minimum absolute atomic E-state index is 0.498. The standard InChI is InChI=1S/C15H14N2O2/c1-19-14-7-3-6-13(17-14)15(18)11-4-2-5-12-10(11)8-9-16-12/h2-9,15-16,18H,1H3. The third kappa shape index (κ3) is 2.06. The summed E-state index contributed by atoms with van der Waals surface area (Å²) in [5.74, 6) is 0.498. The zero-order chi connectivity index (χ0) is 13.2. The Morgan fingerprint density at radius 2 is 2.00 bits per heavy atom. The average Bonchev–Trinajstić information content (AvgIpc) is 2.95. The summed E-state index contributed by atoms with van der Waals surface area (Å²) in [6.45, 7) is 0. The second-order valence-electron chi connectivity index (χ2n) is 4.29. The zero-order valence-corrected chi connectivity index (χ0v) is 10.5. The minimum Gasteiger partial charge on any atom is -0.481 e. The topological polar surface area (TPSA) is 58.1 Å². The number of aromatic nitrogens is 2. The van der Waals surface area contributed by atoms with Gasteiger partial charge in [0.25, 0.3) is 0 Å². The molecule has 19 heavy (non-hydrogen) atoms. The van der Waals surface area contributed by atoms with Gasteiger partial charge in [-0.15, -0.1) is 0 Å². The lowest BCUT2D eigenvalue weighted by molar-refractivity contribution is 0.215. The van der Waals surface area contributed by atoms with Crippen LogP contribution in [0.4, 0.5) is 0 Å². The number of nitrogens with zero attached hydrogens (tertiary/aromatic N) is 1. The van der Waals surface area contributed by atoms with Crippen LogP contribution in [0, 0.1) is 0 Å². The molecule has 0 fully saturated rings. The lowest BCUT2D eigenvalue weighted by Gasteiger charge is -2.12. The van der Waals surface area contributed by atoms with Gasteiger partial charge < -0.3 is 14.8 Å². The molecule has 0 amide bonds. The van der Waals surface area contributed by atoms with Gasteiger partial charge in [0.05, 0.1) is 12.8 Å². The Bertz CT molecular complexity index is 706. The van der Waals surface area contributed by atoms with Crippen molar-refractivity contribution < 1.29 is 9.84 Å². The van der Waals surface area contributed by atoms with Crippen LogP contribution in [-0.2, 0) is 0 Å². The Morgan fingerprint density at radius 3 is 2.84 bits per heavy atom. The van der Waals surface area contributed by atoms with Gasteiger partial charge in [0, 0.05) is 23.2 Å². The fourth-order valence-corrected chi connectivity index (χ4v) is 2.20. The van der Waals surface area contributed by atoms with Crippen molar-refractivity contribution in [1.82, 2.24) is 9.97 Å². The number of nitrogens with one attached hydrogen (secondary N) is 1. The average molecular weight is 254 g/mol. The van der Waals surface area contributed by atoms with Crippen LogP contribution in [0.25, 0.3) is 10.9 Å². The van der Waals surface area contributed by atoms with Crippen molar-refractivity contribution in [3.63, 3.8) is 0 Å².